The van der Waals surface area contributed by atoms with Crippen molar-refractivity contribution in [1.29, 1.82) is 0 Å². The summed E-state index contributed by atoms with van der Waals surface area (Å²) >= 11 is 3.35. The molecule has 1 atom stereocenters. The van der Waals surface area contributed by atoms with Gasteiger partial charge in [0.1, 0.15) is 0 Å². The molecule has 1 amide bonds. The van der Waals surface area contributed by atoms with Gasteiger partial charge >= 0.3 is 0 Å². The van der Waals surface area contributed by atoms with Gasteiger partial charge in [0.05, 0.1) is 6.61 Å². The number of benzene rings is 1. The number of carbonyl (C=O) groups excluding carboxylic acids is 1. The third-order valence-corrected chi connectivity index (χ3v) is 2.95. The summed E-state index contributed by atoms with van der Waals surface area (Å²) in [6.07, 6.45) is 0.444. The highest BCUT2D eigenvalue weighted by Crippen LogP contribution is 2.14. The van der Waals surface area contributed by atoms with Gasteiger partial charge in [0, 0.05) is 36.3 Å². The maximum absolute atomic E-state index is 11.7. The summed E-state index contributed by atoms with van der Waals surface area (Å²) in [6, 6.07) is 7.66. The van der Waals surface area contributed by atoms with Crippen molar-refractivity contribution in [2.75, 3.05) is 25.6 Å². The number of amides is 1. The zero-order valence-corrected chi connectivity index (χ0v) is 12.3. The molecule has 1 unspecified atom stereocenters. The summed E-state index contributed by atoms with van der Waals surface area (Å²) < 4.78 is 5.93. The van der Waals surface area contributed by atoms with E-state index in [4.69, 9.17) is 4.74 Å². The second-order valence-electron chi connectivity index (χ2n) is 4.11. The monoisotopic (exact) mass is 314 g/mol. The lowest BCUT2D eigenvalue weighted by Gasteiger charge is -2.13. The SMILES string of the molecule is COCCNC(C)CC(=O)Nc1ccc(Br)cc1. The average Bonchev–Trinajstić information content (AvgIpc) is 2.32. The lowest BCUT2D eigenvalue weighted by molar-refractivity contribution is -0.116. The predicted octanol–water partition coefficient (Wildman–Crippen LogP) is 2.40. The van der Waals surface area contributed by atoms with Crippen molar-refractivity contribution in [2.45, 2.75) is 19.4 Å². The van der Waals surface area contributed by atoms with Gasteiger partial charge in [0.25, 0.3) is 0 Å². The highest BCUT2D eigenvalue weighted by atomic mass is 79.9. The van der Waals surface area contributed by atoms with Crippen LogP contribution < -0.4 is 10.6 Å². The second kappa shape index (κ2) is 8.24. The van der Waals surface area contributed by atoms with Crippen LogP contribution in [-0.2, 0) is 9.53 Å². The van der Waals surface area contributed by atoms with E-state index in [1.54, 1.807) is 7.11 Å². The zero-order valence-electron chi connectivity index (χ0n) is 10.7. The van der Waals surface area contributed by atoms with Crippen molar-refractivity contribution in [3.63, 3.8) is 0 Å². The molecule has 0 saturated heterocycles. The molecule has 0 aliphatic heterocycles. The fourth-order valence-corrected chi connectivity index (χ4v) is 1.77. The van der Waals surface area contributed by atoms with E-state index in [0.29, 0.717) is 13.0 Å². The molecule has 0 spiro atoms. The number of anilines is 1. The summed E-state index contributed by atoms with van der Waals surface area (Å²) in [5, 5.41) is 6.08. The van der Waals surface area contributed by atoms with Crippen molar-refractivity contribution < 1.29 is 9.53 Å². The standard InChI is InChI=1S/C13H19BrN2O2/c1-10(15-7-8-18-2)9-13(17)16-12-5-3-11(14)4-6-12/h3-6,10,15H,7-9H2,1-2H3,(H,16,17). The molecule has 0 heterocycles. The molecule has 1 rings (SSSR count). The van der Waals surface area contributed by atoms with Gasteiger partial charge < -0.3 is 15.4 Å². The summed E-state index contributed by atoms with van der Waals surface area (Å²) in [5.41, 5.74) is 0.812. The van der Waals surface area contributed by atoms with Crippen LogP contribution in [-0.4, -0.2) is 32.2 Å². The fourth-order valence-electron chi connectivity index (χ4n) is 1.50. The molecule has 100 valence electrons. The van der Waals surface area contributed by atoms with E-state index in [1.165, 1.54) is 0 Å². The Hall–Kier alpha value is -0.910. The van der Waals surface area contributed by atoms with Crippen LogP contribution in [0.15, 0.2) is 28.7 Å². The first kappa shape index (κ1) is 15.1. The molecule has 0 aliphatic carbocycles. The summed E-state index contributed by atoms with van der Waals surface area (Å²) in [6.45, 7) is 3.39. The Morgan fingerprint density at radius 1 is 1.39 bits per heavy atom. The van der Waals surface area contributed by atoms with E-state index in [9.17, 15) is 4.79 Å². The first-order valence-corrected chi connectivity index (χ1v) is 6.69. The highest BCUT2D eigenvalue weighted by Gasteiger charge is 2.08. The van der Waals surface area contributed by atoms with E-state index in [0.717, 1.165) is 16.7 Å². The first-order valence-electron chi connectivity index (χ1n) is 5.89. The van der Waals surface area contributed by atoms with Gasteiger partial charge in [-0.3, -0.25) is 4.79 Å². The van der Waals surface area contributed by atoms with E-state index < -0.39 is 0 Å². The predicted molar refractivity (Wildman–Crippen MR) is 76.7 cm³/mol. The van der Waals surface area contributed by atoms with E-state index in [1.807, 2.05) is 31.2 Å². The smallest absolute Gasteiger partial charge is 0.225 e. The van der Waals surface area contributed by atoms with Gasteiger partial charge in [-0.05, 0) is 31.2 Å². The van der Waals surface area contributed by atoms with Crippen LogP contribution in [0.3, 0.4) is 0 Å². The van der Waals surface area contributed by atoms with Crippen LogP contribution in [0, 0.1) is 0 Å². The minimum atomic E-state index is 0.00902. The Kier molecular flexibility index (Phi) is 6.93. The molecular formula is C13H19BrN2O2. The van der Waals surface area contributed by atoms with Gasteiger partial charge in [0.2, 0.25) is 5.91 Å². The molecule has 0 fully saturated rings. The summed E-state index contributed by atoms with van der Waals surface area (Å²) in [7, 11) is 1.66. The van der Waals surface area contributed by atoms with E-state index >= 15 is 0 Å². The number of methoxy groups -OCH3 is 1. The van der Waals surface area contributed by atoms with Crippen molar-refractivity contribution >= 4 is 27.5 Å². The Bertz CT molecular complexity index is 368. The highest BCUT2D eigenvalue weighted by molar-refractivity contribution is 9.10. The van der Waals surface area contributed by atoms with Crippen molar-refractivity contribution in [2.24, 2.45) is 0 Å². The average molecular weight is 315 g/mol. The topological polar surface area (TPSA) is 50.4 Å². The molecule has 1 aromatic rings. The molecule has 0 saturated carbocycles. The molecule has 2 N–H and O–H groups in total. The molecule has 18 heavy (non-hydrogen) atoms. The lowest BCUT2D eigenvalue weighted by atomic mass is 10.2. The van der Waals surface area contributed by atoms with Crippen molar-refractivity contribution in [3.05, 3.63) is 28.7 Å². The molecule has 0 aromatic heterocycles. The minimum Gasteiger partial charge on any atom is -0.383 e. The Morgan fingerprint density at radius 3 is 2.67 bits per heavy atom. The number of halogens is 1. The van der Waals surface area contributed by atoms with Crippen LogP contribution >= 0.6 is 15.9 Å². The normalized spacial score (nSPS) is 12.2. The number of ether oxygens (including phenoxy) is 1. The van der Waals surface area contributed by atoms with Crippen LogP contribution in [0.1, 0.15) is 13.3 Å². The number of nitrogens with one attached hydrogen (secondary N) is 2. The van der Waals surface area contributed by atoms with Gasteiger partial charge in [0.15, 0.2) is 0 Å². The number of rotatable bonds is 7. The Labute approximate surface area is 116 Å². The van der Waals surface area contributed by atoms with Gasteiger partial charge in [-0.1, -0.05) is 15.9 Å². The minimum absolute atomic E-state index is 0.00902. The Balaban J connectivity index is 2.30. The molecule has 0 bridgehead atoms. The third kappa shape index (κ3) is 6.14. The van der Waals surface area contributed by atoms with Crippen LogP contribution in [0.25, 0.3) is 0 Å². The van der Waals surface area contributed by atoms with E-state index in [-0.39, 0.29) is 11.9 Å². The van der Waals surface area contributed by atoms with Crippen LogP contribution in [0.5, 0.6) is 0 Å². The number of hydrogen-bond donors (Lipinski definition) is 2. The van der Waals surface area contributed by atoms with Crippen LogP contribution in [0.2, 0.25) is 0 Å². The molecule has 0 aliphatic rings. The van der Waals surface area contributed by atoms with Crippen molar-refractivity contribution in [1.82, 2.24) is 5.32 Å². The molecule has 4 nitrogen and oxygen atoms in total. The second-order valence-corrected chi connectivity index (χ2v) is 5.02. The quantitative estimate of drug-likeness (QED) is 0.760. The zero-order chi connectivity index (χ0) is 13.4. The number of hydrogen-bond acceptors (Lipinski definition) is 3. The molecule has 0 radical (unpaired) electrons. The lowest BCUT2D eigenvalue weighted by Crippen LogP contribution is -2.32. The Morgan fingerprint density at radius 2 is 2.06 bits per heavy atom. The maximum atomic E-state index is 11.7. The molecule has 1 aromatic carbocycles. The molecule has 5 heteroatoms. The first-order chi connectivity index (χ1) is 8.61. The van der Waals surface area contributed by atoms with Gasteiger partial charge in [-0.15, -0.1) is 0 Å². The maximum Gasteiger partial charge on any atom is 0.225 e. The van der Waals surface area contributed by atoms with Gasteiger partial charge in [-0.2, -0.15) is 0 Å². The third-order valence-electron chi connectivity index (χ3n) is 2.42. The van der Waals surface area contributed by atoms with E-state index in [2.05, 4.69) is 26.6 Å². The fraction of sp³-hybridized carbons (Fsp3) is 0.462. The molecular weight excluding hydrogens is 296 g/mol. The van der Waals surface area contributed by atoms with Crippen molar-refractivity contribution in [3.8, 4) is 0 Å². The summed E-state index contributed by atoms with van der Waals surface area (Å²) in [5.74, 6) is 0.00902. The van der Waals surface area contributed by atoms with Crippen LogP contribution in [0.4, 0.5) is 5.69 Å². The van der Waals surface area contributed by atoms with Gasteiger partial charge in [-0.25, -0.2) is 0 Å². The number of carbonyl (C=O) groups is 1. The summed E-state index contributed by atoms with van der Waals surface area (Å²) in [4.78, 5) is 11.7. The largest absolute Gasteiger partial charge is 0.383 e.